The molecule has 0 bridgehead atoms. The van der Waals surface area contributed by atoms with Gasteiger partial charge in [0.1, 0.15) is 0 Å². The van der Waals surface area contributed by atoms with Crippen molar-refractivity contribution in [2.24, 2.45) is 0 Å². The second-order valence-corrected chi connectivity index (χ2v) is 5.41. The van der Waals surface area contributed by atoms with Crippen molar-refractivity contribution >= 4 is 11.8 Å². The second-order valence-electron chi connectivity index (χ2n) is 5.41. The van der Waals surface area contributed by atoms with Crippen LogP contribution in [-0.4, -0.2) is 47.5 Å². The Morgan fingerprint density at radius 2 is 2.09 bits per heavy atom. The molecule has 0 fully saturated rings. The summed E-state index contributed by atoms with van der Waals surface area (Å²) in [7, 11) is 3.67. The molecule has 0 unspecified atom stereocenters. The lowest BCUT2D eigenvalue weighted by molar-refractivity contribution is -0.122. The molecular formula is C15H24N4O3. The van der Waals surface area contributed by atoms with E-state index in [4.69, 9.17) is 5.21 Å². The zero-order valence-electron chi connectivity index (χ0n) is 13.3. The zero-order chi connectivity index (χ0) is 16.5. The number of hydrogen-bond donors (Lipinski definition) is 3. The standard InChI is InChI=1S/C15H24N4O3/c1-4-5-6-13(17-14(20)10-19(2)3)12-8-7-11(9-16-12)15(21)18-22/h7-9,13,22H,4-6,10H2,1-3H3,(H,17,20)(H,18,21)/t13-/m0/s1. The summed E-state index contributed by atoms with van der Waals surface area (Å²) >= 11 is 0. The van der Waals surface area contributed by atoms with Gasteiger partial charge in [-0.2, -0.15) is 0 Å². The Morgan fingerprint density at radius 1 is 1.36 bits per heavy atom. The van der Waals surface area contributed by atoms with Crippen LogP contribution in [-0.2, 0) is 4.79 Å². The highest BCUT2D eigenvalue weighted by molar-refractivity contribution is 5.92. The van der Waals surface area contributed by atoms with E-state index in [-0.39, 0.29) is 17.5 Å². The van der Waals surface area contributed by atoms with Gasteiger partial charge in [0.25, 0.3) is 5.91 Å². The molecule has 1 aromatic rings. The van der Waals surface area contributed by atoms with E-state index in [1.54, 1.807) is 22.5 Å². The lowest BCUT2D eigenvalue weighted by atomic mass is 10.1. The third-order valence-corrected chi connectivity index (χ3v) is 3.15. The molecule has 122 valence electrons. The van der Waals surface area contributed by atoms with Crippen LogP contribution in [0, 0.1) is 0 Å². The van der Waals surface area contributed by atoms with Gasteiger partial charge in [0.15, 0.2) is 0 Å². The van der Waals surface area contributed by atoms with Gasteiger partial charge in [-0.1, -0.05) is 19.8 Å². The maximum Gasteiger partial charge on any atom is 0.276 e. The summed E-state index contributed by atoms with van der Waals surface area (Å²) in [6.45, 7) is 2.40. The number of hydroxylamine groups is 1. The van der Waals surface area contributed by atoms with Gasteiger partial charge in [-0.3, -0.25) is 19.8 Å². The summed E-state index contributed by atoms with van der Waals surface area (Å²) in [6, 6.07) is 3.09. The molecule has 3 N–H and O–H groups in total. The molecular weight excluding hydrogens is 284 g/mol. The number of nitrogens with one attached hydrogen (secondary N) is 2. The van der Waals surface area contributed by atoms with Gasteiger partial charge in [-0.15, -0.1) is 0 Å². The number of carbonyl (C=O) groups is 2. The van der Waals surface area contributed by atoms with E-state index in [1.165, 1.54) is 6.20 Å². The highest BCUT2D eigenvalue weighted by Crippen LogP contribution is 2.18. The number of amides is 2. The first-order valence-corrected chi connectivity index (χ1v) is 7.32. The van der Waals surface area contributed by atoms with E-state index in [0.717, 1.165) is 19.3 Å². The van der Waals surface area contributed by atoms with Gasteiger partial charge >= 0.3 is 0 Å². The molecule has 0 aliphatic rings. The van der Waals surface area contributed by atoms with Crippen LogP contribution >= 0.6 is 0 Å². The summed E-state index contributed by atoms with van der Waals surface area (Å²) in [4.78, 5) is 29.3. The first-order valence-electron chi connectivity index (χ1n) is 7.32. The van der Waals surface area contributed by atoms with E-state index in [9.17, 15) is 9.59 Å². The Bertz CT molecular complexity index is 488. The molecule has 2 amide bonds. The molecule has 0 aliphatic carbocycles. The Morgan fingerprint density at radius 3 is 2.59 bits per heavy atom. The monoisotopic (exact) mass is 308 g/mol. The third kappa shape index (κ3) is 5.79. The summed E-state index contributed by atoms with van der Waals surface area (Å²) < 4.78 is 0. The Balaban J connectivity index is 2.82. The van der Waals surface area contributed by atoms with Crippen molar-refractivity contribution in [2.75, 3.05) is 20.6 Å². The van der Waals surface area contributed by atoms with Crippen LogP contribution in [0.4, 0.5) is 0 Å². The molecule has 1 heterocycles. The summed E-state index contributed by atoms with van der Waals surface area (Å²) in [6.07, 6.45) is 4.16. The fourth-order valence-corrected chi connectivity index (χ4v) is 2.04. The van der Waals surface area contributed by atoms with Crippen molar-refractivity contribution in [1.29, 1.82) is 0 Å². The first kappa shape index (κ1) is 18.1. The number of likely N-dealkylation sites (N-methyl/N-ethyl adjacent to an activating group) is 1. The second kappa shape index (κ2) is 9.11. The Kier molecular flexibility index (Phi) is 7.48. The molecule has 1 rings (SSSR count). The van der Waals surface area contributed by atoms with Gasteiger partial charge < -0.3 is 10.2 Å². The predicted octanol–water partition coefficient (Wildman–Crippen LogP) is 1.11. The number of nitrogens with zero attached hydrogens (tertiary/aromatic N) is 2. The lowest BCUT2D eigenvalue weighted by Crippen LogP contribution is -2.36. The first-order chi connectivity index (χ1) is 10.5. The van der Waals surface area contributed by atoms with Gasteiger partial charge in [-0.25, -0.2) is 5.48 Å². The van der Waals surface area contributed by atoms with Gasteiger partial charge in [0, 0.05) is 6.20 Å². The zero-order valence-corrected chi connectivity index (χ0v) is 13.3. The van der Waals surface area contributed by atoms with Crippen LogP contribution in [0.5, 0.6) is 0 Å². The van der Waals surface area contributed by atoms with Crippen LogP contribution in [0.1, 0.15) is 48.3 Å². The number of carbonyl (C=O) groups excluding carboxylic acids is 2. The molecule has 0 radical (unpaired) electrons. The minimum Gasteiger partial charge on any atom is -0.347 e. The van der Waals surface area contributed by atoms with Crippen molar-refractivity contribution in [3.8, 4) is 0 Å². The topological polar surface area (TPSA) is 94.6 Å². The Hall–Kier alpha value is -1.99. The van der Waals surface area contributed by atoms with Crippen molar-refractivity contribution in [3.63, 3.8) is 0 Å². The van der Waals surface area contributed by atoms with E-state index in [0.29, 0.717) is 12.2 Å². The van der Waals surface area contributed by atoms with Crippen LogP contribution in [0.25, 0.3) is 0 Å². The van der Waals surface area contributed by atoms with Crippen LogP contribution in [0.15, 0.2) is 18.3 Å². The summed E-state index contributed by atoms with van der Waals surface area (Å²) in [5.74, 6) is -0.675. The highest BCUT2D eigenvalue weighted by Gasteiger charge is 2.16. The molecule has 7 heteroatoms. The molecule has 0 spiro atoms. The molecule has 22 heavy (non-hydrogen) atoms. The average Bonchev–Trinajstić information content (AvgIpc) is 2.50. The van der Waals surface area contributed by atoms with Gasteiger partial charge in [0.05, 0.1) is 23.8 Å². The third-order valence-electron chi connectivity index (χ3n) is 3.15. The number of rotatable bonds is 8. The summed E-state index contributed by atoms with van der Waals surface area (Å²) in [5.41, 5.74) is 2.53. The van der Waals surface area contributed by atoms with Crippen LogP contribution in [0.2, 0.25) is 0 Å². The number of hydrogen-bond acceptors (Lipinski definition) is 5. The largest absolute Gasteiger partial charge is 0.347 e. The smallest absolute Gasteiger partial charge is 0.276 e. The van der Waals surface area contributed by atoms with Gasteiger partial charge in [0.2, 0.25) is 5.91 Å². The fourth-order valence-electron chi connectivity index (χ4n) is 2.04. The van der Waals surface area contributed by atoms with Gasteiger partial charge in [-0.05, 0) is 32.6 Å². The number of unbranched alkanes of at least 4 members (excludes halogenated alkanes) is 1. The van der Waals surface area contributed by atoms with Crippen molar-refractivity contribution in [1.82, 2.24) is 20.7 Å². The van der Waals surface area contributed by atoms with Crippen molar-refractivity contribution in [2.45, 2.75) is 32.2 Å². The number of aromatic nitrogens is 1. The van der Waals surface area contributed by atoms with E-state index in [2.05, 4.69) is 17.2 Å². The quantitative estimate of drug-likeness (QED) is 0.494. The lowest BCUT2D eigenvalue weighted by Gasteiger charge is -2.19. The predicted molar refractivity (Wildman–Crippen MR) is 82.5 cm³/mol. The summed E-state index contributed by atoms with van der Waals surface area (Å²) in [5, 5.41) is 11.6. The molecule has 0 saturated heterocycles. The van der Waals surface area contributed by atoms with E-state index >= 15 is 0 Å². The maximum absolute atomic E-state index is 11.9. The van der Waals surface area contributed by atoms with Crippen molar-refractivity contribution < 1.29 is 14.8 Å². The fraction of sp³-hybridized carbons (Fsp3) is 0.533. The molecule has 0 saturated carbocycles. The van der Waals surface area contributed by atoms with E-state index < -0.39 is 5.91 Å². The molecule has 0 aromatic carbocycles. The van der Waals surface area contributed by atoms with Crippen LogP contribution in [0.3, 0.4) is 0 Å². The van der Waals surface area contributed by atoms with Crippen LogP contribution < -0.4 is 10.8 Å². The normalized spacial score (nSPS) is 12.0. The minimum atomic E-state index is -0.610. The molecule has 1 atom stereocenters. The molecule has 1 aromatic heterocycles. The van der Waals surface area contributed by atoms with E-state index in [1.807, 2.05) is 14.1 Å². The highest BCUT2D eigenvalue weighted by atomic mass is 16.5. The molecule has 7 nitrogen and oxygen atoms in total. The Labute approximate surface area is 130 Å². The number of pyridine rings is 1. The molecule has 0 aliphatic heterocycles. The van der Waals surface area contributed by atoms with Crippen molar-refractivity contribution in [3.05, 3.63) is 29.6 Å². The average molecular weight is 308 g/mol. The minimum absolute atomic E-state index is 0.0647. The SMILES string of the molecule is CCCC[C@H](NC(=O)CN(C)C)c1ccc(C(=O)NO)cn1. The maximum atomic E-state index is 11.9.